The van der Waals surface area contributed by atoms with Crippen molar-refractivity contribution in [3.63, 3.8) is 0 Å². The Balaban J connectivity index is 0.00000288. The second-order valence-electron chi connectivity index (χ2n) is 4.90. The summed E-state index contributed by atoms with van der Waals surface area (Å²) in [6.45, 7) is 2.35. The highest BCUT2D eigenvalue weighted by molar-refractivity contribution is 5.85. The van der Waals surface area contributed by atoms with Crippen LogP contribution in [0.5, 0.6) is 11.5 Å². The number of aryl methyl sites for hydroxylation is 1. The number of rotatable bonds is 6. The lowest BCUT2D eigenvalue weighted by molar-refractivity contribution is -0.275. The quantitative estimate of drug-likeness (QED) is 0.819. The zero-order valence-electron chi connectivity index (χ0n) is 13.1. The van der Waals surface area contributed by atoms with Gasteiger partial charge in [-0.25, -0.2) is 0 Å². The maximum absolute atomic E-state index is 12.4. The lowest BCUT2D eigenvalue weighted by Gasteiger charge is -2.15. The van der Waals surface area contributed by atoms with Crippen LogP contribution >= 0.6 is 12.4 Å². The van der Waals surface area contributed by atoms with Crippen LogP contribution in [-0.2, 0) is 6.42 Å². The third kappa shape index (κ3) is 5.62. The minimum atomic E-state index is -4.77. The molecule has 2 aromatic rings. The van der Waals surface area contributed by atoms with Gasteiger partial charge in [-0.05, 0) is 35.2 Å². The number of halogens is 4. The van der Waals surface area contributed by atoms with Crippen molar-refractivity contribution in [2.75, 3.05) is 13.2 Å². The molecule has 0 spiro atoms. The molecular weight excluding hydrogens is 343 g/mol. The molecular formula is C17H19ClF3NO2. The summed E-state index contributed by atoms with van der Waals surface area (Å²) in [5.41, 5.74) is 8.16. The molecule has 0 aliphatic rings. The Morgan fingerprint density at radius 1 is 0.958 bits per heavy atom. The van der Waals surface area contributed by atoms with Crippen LogP contribution in [0.1, 0.15) is 12.5 Å². The van der Waals surface area contributed by atoms with Gasteiger partial charge in [-0.1, -0.05) is 37.3 Å². The molecule has 0 atom stereocenters. The molecule has 0 bridgehead atoms. The van der Waals surface area contributed by atoms with Crippen LogP contribution in [0.15, 0.2) is 42.5 Å². The molecule has 3 nitrogen and oxygen atoms in total. The summed E-state index contributed by atoms with van der Waals surface area (Å²) in [5.74, 6) is -0.357. The third-order valence-corrected chi connectivity index (χ3v) is 3.24. The number of nitrogens with two attached hydrogens (primary N) is 1. The van der Waals surface area contributed by atoms with Gasteiger partial charge >= 0.3 is 6.36 Å². The fourth-order valence-corrected chi connectivity index (χ4v) is 2.11. The van der Waals surface area contributed by atoms with E-state index in [1.165, 1.54) is 17.7 Å². The number of alkyl halides is 3. The van der Waals surface area contributed by atoms with E-state index in [2.05, 4.69) is 11.7 Å². The van der Waals surface area contributed by atoms with Gasteiger partial charge < -0.3 is 15.2 Å². The van der Waals surface area contributed by atoms with Crippen LogP contribution in [0.25, 0.3) is 11.1 Å². The topological polar surface area (TPSA) is 44.5 Å². The van der Waals surface area contributed by atoms with E-state index in [1.54, 1.807) is 6.07 Å². The van der Waals surface area contributed by atoms with Gasteiger partial charge in [0.2, 0.25) is 0 Å². The van der Waals surface area contributed by atoms with Gasteiger partial charge in [0.05, 0.1) is 0 Å². The summed E-state index contributed by atoms with van der Waals surface area (Å²) in [7, 11) is 0. The molecule has 0 fully saturated rings. The Morgan fingerprint density at radius 2 is 1.58 bits per heavy atom. The Bertz CT molecular complexity index is 645. The summed E-state index contributed by atoms with van der Waals surface area (Å²) in [5, 5.41) is 0. The molecule has 0 saturated heterocycles. The van der Waals surface area contributed by atoms with Crippen molar-refractivity contribution in [2.45, 2.75) is 19.7 Å². The Labute approximate surface area is 145 Å². The SMILES string of the molecule is CCc1ccc(-c2ccc(OC(F)(F)F)c(OCCN)c2)cc1.Cl. The minimum Gasteiger partial charge on any atom is -0.488 e. The molecule has 0 unspecified atom stereocenters. The van der Waals surface area contributed by atoms with Crippen LogP contribution in [0.3, 0.4) is 0 Å². The van der Waals surface area contributed by atoms with Crippen LogP contribution in [0, 0.1) is 0 Å². The molecule has 132 valence electrons. The van der Waals surface area contributed by atoms with Crippen molar-refractivity contribution < 1.29 is 22.6 Å². The zero-order chi connectivity index (χ0) is 16.9. The first-order valence-electron chi connectivity index (χ1n) is 7.25. The van der Waals surface area contributed by atoms with Crippen LogP contribution < -0.4 is 15.2 Å². The van der Waals surface area contributed by atoms with E-state index in [0.717, 1.165) is 17.5 Å². The fraction of sp³-hybridized carbons (Fsp3) is 0.294. The van der Waals surface area contributed by atoms with Crippen LogP contribution in [0.4, 0.5) is 13.2 Å². The predicted molar refractivity (Wildman–Crippen MR) is 89.7 cm³/mol. The molecule has 2 rings (SSSR count). The van der Waals surface area contributed by atoms with Gasteiger partial charge in [0, 0.05) is 6.54 Å². The van der Waals surface area contributed by atoms with E-state index in [9.17, 15) is 13.2 Å². The molecule has 7 heteroatoms. The zero-order valence-corrected chi connectivity index (χ0v) is 13.9. The molecule has 0 amide bonds. The minimum absolute atomic E-state index is 0. The average Bonchev–Trinajstić information content (AvgIpc) is 2.52. The molecule has 0 radical (unpaired) electrons. The Kier molecular flexibility index (Phi) is 7.38. The summed E-state index contributed by atoms with van der Waals surface area (Å²) in [6.07, 6.45) is -3.85. The maximum atomic E-state index is 12.4. The molecule has 0 aliphatic carbocycles. The normalized spacial score (nSPS) is 10.9. The highest BCUT2D eigenvalue weighted by Gasteiger charge is 2.32. The highest BCUT2D eigenvalue weighted by atomic mass is 35.5. The molecule has 2 aromatic carbocycles. The van der Waals surface area contributed by atoms with Gasteiger partial charge in [0.1, 0.15) is 6.61 Å². The Hall–Kier alpha value is -1.92. The first-order valence-corrected chi connectivity index (χ1v) is 7.25. The third-order valence-electron chi connectivity index (χ3n) is 3.24. The second-order valence-corrected chi connectivity index (χ2v) is 4.90. The molecule has 2 N–H and O–H groups in total. The number of benzene rings is 2. The first kappa shape index (κ1) is 20.1. The summed E-state index contributed by atoms with van der Waals surface area (Å²) >= 11 is 0. The van der Waals surface area contributed by atoms with Gasteiger partial charge in [0.25, 0.3) is 0 Å². The number of hydrogen-bond acceptors (Lipinski definition) is 3. The largest absolute Gasteiger partial charge is 0.573 e. The monoisotopic (exact) mass is 361 g/mol. The van der Waals surface area contributed by atoms with Crippen molar-refractivity contribution in [1.82, 2.24) is 0 Å². The molecule has 24 heavy (non-hydrogen) atoms. The van der Waals surface area contributed by atoms with E-state index in [-0.39, 0.29) is 37.1 Å². The maximum Gasteiger partial charge on any atom is 0.573 e. The molecule has 0 heterocycles. The summed E-state index contributed by atoms with van der Waals surface area (Å²) in [6, 6.07) is 12.2. The van der Waals surface area contributed by atoms with Crippen molar-refractivity contribution in [3.05, 3.63) is 48.0 Å². The number of hydrogen-bond donors (Lipinski definition) is 1. The van der Waals surface area contributed by atoms with E-state index >= 15 is 0 Å². The molecule has 0 aliphatic heterocycles. The standard InChI is InChI=1S/C17H18F3NO2.ClH/c1-2-12-3-5-13(6-4-12)14-7-8-15(23-17(18,19)20)16(11-14)22-10-9-21;/h3-8,11H,2,9-10,21H2,1H3;1H. The second kappa shape index (κ2) is 8.80. The van der Waals surface area contributed by atoms with E-state index in [0.29, 0.717) is 0 Å². The summed E-state index contributed by atoms with van der Waals surface area (Å²) in [4.78, 5) is 0. The lowest BCUT2D eigenvalue weighted by Crippen LogP contribution is -2.18. The Morgan fingerprint density at radius 3 is 2.12 bits per heavy atom. The van der Waals surface area contributed by atoms with Crippen LogP contribution in [0.2, 0.25) is 0 Å². The average molecular weight is 362 g/mol. The van der Waals surface area contributed by atoms with E-state index in [1.807, 2.05) is 24.3 Å². The highest BCUT2D eigenvalue weighted by Crippen LogP contribution is 2.36. The van der Waals surface area contributed by atoms with Crippen molar-refractivity contribution >= 4 is 12.4 Å². The van der Waals surface area contributed by atoms with Gasteiger partial charge in [-0.3, -0.25) is 0 Å². The summed E-state index contributed by atoms with van der Waals surface area (Å²) < 4.78 is 46.6. The fourth-order valence-electron chi connectivity index (χ4n) is 2.11. The van der Waals surface area contributed by atoms with Gasteiger partial charge in [0.15, 0.2) is 11.5 Å². The van der Waals surface area contributed by atoms with Crippen molar-refractivity contribution in [2.24, 2.45) is 5.73 Å². The van der Waals surface area contributed by atoms with Gasteiger partial charge in [-0.2, -0.15) is 0 Å². The van der Waals surface area contributed by atoms with Crippen molar-refractivity contribution in [1.29, 1.82) is 0 Å². The smallest absolute Gasteiger partial charge is 0.488 e. The van der Waals surface area contributed by atoms with Gasteiger partial charge in [-0.15, -0.1) is 25.6 Å². The first-order chi connectivity index (χ1) is 10.9. The molecule has 0 aromatic heterocycles. The van der Waals surface area contributed by atoms with E-state index < -0.39 is 6.36 Å². The molecule has 0 saturated carbocycles. The van der Waals surface area contributed by atoms with E-state index in [4.69, 9.17) is 10.5 Å². The lowest BCUT2D eigenvalue weighted by atomic mass is 10.0. The predicted octanol–water partition coefficient (Wildman–Crippen LogP) is 4.57. The number of ether oxygens (including phenoxy) is 2. The van der Waals surface area contributed by atoms with Crippen molar-refractivity contribution in [3.8, 4) is 22.6 Å². The van der Waals surface area contributed by atoms with Crippen LogP contribution in [-0.4, -0.2) is 19.5 Å².